The number of rotatable bonds is 3. The van der Waals surface area contributed by atoms with E-state index in [0.29, 0.717) is 9.88 Å². The Hall–Kier alpha value is -1.93. The molecule has 0 spiro atoms. The van der Waals surface area contributed by atoms with Crippen molar-refractivity contribution in [2.75, 3.05) is 11.9 Å². The number of nitrogens with zero attached hydrogens (tertiary/aromatic N) is 1. The van der Waals surface area contributed by atoms with Crippen LogP contribution >= 0.6 is 11.3 Å². The van der Waals surface area contributed by atoms with Gasteiger partial charge in [0.25, 0.3) is 5.91 Å². The largest absolute Gasteiger partial charge is 0.480 e. The van der Waals surface area contributed by atoms with Crippen molar-refractivity contribution >= 4 is 34.1 Å². The fourth-order valence-corrected chi connectivity index (χ4v) is 3.02. The van der Waals surface area contributed by atoms with Crippen LogP contribution in [0, 0.1) is 0 Å². The molecule has 7 nitrogen and oxygen atoms in total. The van der Waals surface area contributed by atoms with Crippen LogP contribution in [-0.4, -0.2) is 51.6 Å². The highest BCUT2D eigenvalue weighted by Gasteiger charge is 2.39. The lowest BCUT2D eigenvalue weighted by Gasteiger charge is -2.20. The van der Waals surface area contributed by atoms with Gasteiger partial charge in [0.2, 0.25) is 5.91 Å². The summed E-state index contributed by atoms with van der Waals surface area (Å²) < 4.78 is 0. The first-order chi connectivity index (χ1) is 9.38. The van der Waals surface area contributed by atoms with Gasteiger partial charge in [-0.2, -0.15) is 0 Å². The molecule has 0 aromatic carbocycles. The molecular formula is C12H14N2O5S. The molecule has 20 heavy (non-hydrogen) atoms. The smallest absolute Gasteiger partial charge is 0.326 e. The molecule has 1 aromatic rings. The first kappa shape index (κ1) is 14.5. The molecule has 0 bridgehead atoms. The number of likely N-dealkylation sites (tertiary alicyclic amines) is 1. The van der Waals surface area contributed by atoms with E-state index in [4.69, 9.17) is 5.11 Å². The molecule has 0 aliphatic carbocycles. The Balaban J connectivity index is 2.16. The van der Waals surface area contributed by atoms with Gasteiger partial charge >= 0.3 is 5.97 Å². The normalized spacial score (nSPS) is 21.8. The standard InChI is InChI=1S/C12H14N2O5S/c1-6(15)13-10-3-2-9(20-10)11(17)14-5-7(16)4-8(14)12(18)19/h2-3,7-8,16H,4-5H2,1H3,(H,13,15)(H,18,19)/t7-,8+/m1/s1. The lowest BCUT2D eigenvalue weighted by atomic mass is 10.2. The van der Waals surface area contributed by atoms with E-state index in [1.54, 1.807) is 6.07 Å². The zero-order valence-corrected chi connectivity index (χ0v) is 11.5. The Morgan fingerprint density at radius 3 is 2.70 bits per heavy atom. The molecule has 1 fully saturated rings. The quantitative estimate of drug-likeness (QED) is 0.747. The van der Waals surface area contributed by atoms with Crippen LogP contribution in [0.25, 0.3) is 0 Å². The fraction of sp³-hybridized carbons (Fsp3) is 0.417. The molecule has 3 N–H and O–H groups in total. The van der Waals surface area contributed by atoms with Gasteiger partial charge in [-0.3, -0.25) is 9.59 Å². The number of nitrogens with one attached hydrogen (secondary N) is 1. The summed E-state index contributed by atoms with van der Waals surface area (Å²) in [5.41, 5.74) is 0. The molecule has 2 heterocycles. The number of carbonyl (C=O) groups is 3. The zero-order chi connectivity index (χ0) is 14.9. The molecule has 108 valence electrons. The number of β-amino-alcohol motifs (C(OH)–C–C–N with tert-alkyl or cyclic N) is 1. The van der Waals surface area contributed by atoms with Gasteiger partial charge in [0.15, 0.2) is 0 Å². The van der Waals surface area contributed by atoms with Crippen LogP contribution in [0.3, 0.4) is 0 Å². The van der Waals surface area contributed by atoms with E-state index < -0.39 is 24.0 Å². The second-order valence-corrected chi connectivity index (χ2v) is 5.63. The molecule has 2 rings (SSSR count). The summed E-state index contributed by atoms with van der Waals surface area (Å²) >= 11 is 1.07. The van der Waals surface area contributed by atoms with Crippen LogP contribution < -0.4 is 5.32 Å². The number of aliphatic hydroxyl groups excluding tert-OH is 1. The highest BCUT2D eigenvalue weighted by molar-refractivity contribution is 7.18. The Morgan fingerprint density at radius 2 is 2.10 bits per heavy atom. The Kier molecular flexibility index (Phi) is 4.05. The number of carbonyl (C=O) groups excluding carboxylic acids is 2. The second kappa shape index (κ2) is 5.59. The Labute approximate surface area is 118 Å². The van der Waals surface area contributed by atoms with Gasteiger partial charge in [-0.15, -0.1) is 11.3 Å². The van der Waals surface area contributed by atoms with E-state index in [0.717, 1.165) is 16.2 Å². The molecule has 2 amide bonds. The monoisotopic (exact) mass is 298 g/mol. The molecule has 8 heteroatoms. The second-order valence-electron chi connectivity index (χ2n) is 4.55. The first-order valence-corrected chi connectivity index (χ1v) is 6.79. The minimum absolute atomic E-state index is 0.00315. The highest BCUT2D eigenvalue weighted by Crippen LogP contribution is 2.27. The molecule has 1 aliphatic heterocycles. The Morgan fingerprint density at radius 1 is 1.40 bits per heavy atom. The minimum Gasteiger partial charge on any atom is -0.480 e. The predicted octanol–water partition coefficient (Wildman–Crippen LogP) is 0.366. The van der Waals surface area contributed by atoms with Gasteiger partial charge in [0, 0.05) is 19.9 Å². The summed E-state index contributed by atoms with van der Waals surface area (Å²) in [5, 5.41) is 21.7. The van der Waals surface area contributed by atoms with Crippen molar-refractivity contribution in [1.29, 1.82) is 0 Å². The van der Waals surface area contributed by atoms with Crippen molar-refractivity contribution < 1.29 is 24.6 Å². The fourth-order valence-electron chi connectivity index (χ4n) is 2.11. The molecule has 1 aliphatic rings. The third-order valence-corrected chi connectivity index (χ3v) is 3.93. The highest BCUT2D eigenvalue weighted by atomic mass is 32.1. The van der Waals surface area contributed by atoms with Gasteiger partial charge in [-0.05, 0) is 12.1 Å². The van der Waals surface area contributed by atoms with Gasteiger partial charge in [0.05, 0.1) is 16.0 Å². The summed E-state index contributed by atoms with van der Waals surface area (Å²) in [6.45, 7) is 1.36. The molecule has 1 saturated heterocycles. The lowest BCUT2D eigenvalue weighted by Crippen LogP contribution is -2.40. The molecular weight excluding hydrogens is 284 g/mol. The molecule has 2 atom stereocenters. The lowest BCUT2D eigenvalue weighted by molar-refractivity contribution is -0.141. The molecule has 0 unspecified atom stereocenters. The number of hydrogen-bond acceptors (Lipinski definition) is 5. The average molecular weight is 298 g/mol. The van der Waals surface area contributed by atoms with E-state index in [1.807, 2.05) is 0 Å². The summed E-state index contributed by atoms with van der Waals surface area (Å²) in [7, 11) is 0. The van der Waals surface area contributed by atoms with E-state index in [-0.39, 0.29) is 18.9 Å². The summed E-state index contributed by atoms with van der Waals surface area (Å²) in [6.07, 6.45) is -0.791. The van der Waals surface area contributed by atoms with Gasteiger partial charge in [-0.1, -0.05) is 0 Å². The summed E-state index contributed by atoms with van der Waals surface area (Å²) in [6, 6.07) is 2.10. The number of carboxylic acid groups (broad SMARTS) is 1. The SMILES string of the molecule is CC(=O)Nc1ccc(C(=O)N2C[C@H](O)C[C@H]2C(=O)O)s1. The van der Waals surface area contributed by atoms with Crippen molar-refractivity contribution in [3.05, 3.63) is 17.0 Å². The maximum absolute atomic E-state index is 12.3. The number of anilines is 1. The first-order valence-electron chi connectivity index (χ1n) is 5.97. The van der Waals surface area contributed by atoms with Gasteiger partial charge < -0.3 is 20.4 Å². The number of aliphatic hydroxyl groups is 1. The van der Waals surface area contributed by atoms with Crippen LogP contribution in [0.15, 0.2) is 12.1 Å². The predicted molar refractivity (Wildman–Crippen MR) is 71.7 cm³/mol. The van der Waals surface area contributed by atoms with E-state index in [1.165, 1.54) is 13.0 Å². The van der Waals surface area contributed by atoms with E-state index in [9.17, 15) is 19.5 Å². The number of carboxylic acids is 1. The molecule has 0 radical (unpaired) electrons. The van der Waals surface area contributed by atoms with Crippen molar-refractivity contribution in [2.45, 2.75) is 25.5 Å². The topological polar surface area (TPSA) is 107 Å². The number of thiophene rings is 1. The van der Waals surface area contributed by atoms with Crippen LogP contribution in [0.4, 0.5) is 5.00 Å². The van der Waals surface area contributed by atoms with E-state index in [2.05, 4.69) is 5.32 Å². The van der Waals surface area contributed by atoms with Crippen LogP contribution in [0.1, 0.15) is 23.0 Å². The van der Waals surface area contributed by atoms with Crippen LogP contribution in [0.5, 0.6) is 0 Å². The van der Waals surface area contributed by atoms with E-state index >= 15 is 0 Å². The van der Waals surface area contributed by atoms with Crippen molar-refractivity contribution in [1.82, 2.24) is 4.90 Å². The van der Waals surface area contributed by atoms with Crippen LogP contribution in [-0.2, 0) is 9.59 Å². The third-order valence-electron chi connectivity index (χ3n) is 2.94. The van der Waals surface area contributed by atoms with Crippen molar-refractivity contribution in [3.63, 3.8) is 0 Å². The van der Waals surface area contributed by atoms with Crippen LogP contribution in [0.2, 0.25) is 0 Å². The summed E-state index contributed by atoms with van der Waals surface area (Å²) in [4.78, 5) is 35.7. The van der Waals surface area contributed by atoms with Crippen molar-refractivity contribution in [2.24, 2.45) is 0 Å². The Bertz CT molecular complexity index is 556. The summed E-state index contributed by atoms with van der Waals surface area (Å²) in [5.74, 6) is -1.82. The number of amides is 2. The maximum Gasteiger partial charge on any atom is 0.326 e. The number of aliphatic carboxylic acids is 1. The van der Waals surface area contributed by atoms with Crippen molar-refractivity contribution in [3.8, 4) is 0 Å². The number of hydrogen-bond donors (Lipinski definition) is 3. The van der Waals surface area contributed by atoms with Gasteiger partial charge in [0.1, 0.15) is 6.04 Å². The molecule has 1 aromatic heterocycles. The van der Waals surface area contributed by atoms with Gasteiger partial charge in [-0.25, -0.2) is 4.79 Å². The average Bonchev–Trinajstić information content (AvgIpc) is 2.94. The molecule has 0 saturated carbocycles. The zero-order valence-electron chi connectivity index (χ0n) is 10.7. The minimum atomic E-state index is -1.13. The third kappa shape index (κ3) is 2.97. The maximum atomic E-state index is 12.3.